The monoisotopic (exact) mass is 282 g/mol. The van der Waals surface area contributed by atoms with E-state index in [1.165, 1.54) is 11.1 Å². The minimum atomic E-state index is 0.474. The Balaban J connectivity index is 2.41. The number of aldehydes is 1. The van der Waals surface area contributed by atoms with Crippen LogP contribution >= 0.6 is 15.9 Å². The van der Waals surface area contributed by atoms with Crippen molar-refractivity contribution < 1.29 is 9.53 Å². The van der Waals surface area contributed by atoms with Crippen molar-refractivity contribution in [2.45, 2.75) is 25.7 Å². The zero-order chi connectivity index (χ0) is 11.5. The fourth-order valence-corrected chi connectivity index (χ4v) is 3.01. The molecular weight excluding hydrogens is 268 g/mol. The van der Waals surface area contributed by atoms with E-state index in [0.717, 1.165) is 42.4 Å². The minimum Gasteiger partial charge on any atom is -0.381 e. The quantitative estimate of drug-likeness (QED) is 0.777. The summed E-state index contributed by atoms with van der Waals surface area (Å²) in [6.45, 7) is 3.68. The van der Waals surface area contributed by atoms with Crippen molar-refractivity contribution in [3.05, 3.63) is 33.3 Å². The Hall–Kier alpha value is -0.670. The Bertz CT molecular complexity index is 395. The van der Waals surface area contributed by atoms with E-state index in [1.807, 2.05) is 6.07 Å². The van der Waals surface area contributed by atoms with Crippen LogP contribution < -0.4 is 0 Å². The second kappa shape index (κ2) is 5.11. The van der Waals surface area contributed by atoms with E-state index < -0.39 is 0 Å². The molecule has 16 heavy (non-hydrogen) atoms. The van der Waals surface area contributed by atoms with Gasteiger partial charge >= 0.3 is 0 Å². The van der Waals surface area contributed by atoms with E-state index in [-0.39, 0.29) is 0 Å². The van der Waals surface area contributed by atoms with Crippen LogP contribution in [0.5, 0.6) is 0 Å². The minimum absolute atomic E-state index is 0.474. The van der Waals surface area contributed by atoms with E-state index in [4.69, 9.17) is 4.74 Å². The average Bonchev–Trinajstić information content (AvgIpc) is 2.29. The molecule has 2 nitrogen and oxygen atoms in total. The molecule has 3 heteroatoms. The van der Waals surface area contributed by atoms with Gasteiger partial charge in [0.25, 0.3) is 0 Å². The first kappa shape index (κ1) is 11.8. The van der Waals surface area contributed by atoms with Crippen LogP contribution in [0.15, 0.2) is 16.6 Å². The van der Waals surface area contributed by atoms with E-state index in [0.29, 0.717) is 5.92 Å². The van der Waals surface area contributed by atoms with Crippen molar-refractivity contribution in [2.24, 2.45) is 0 Å². The summed E-state index contributed by atoms with van der Waals surface area (Å²) in [5, 5.41) is 0. The normalized spacial score (nSPS) is 17.4. The van der Waals surface area contributed by atoms with Gasteiger partial charge in [0.2, 0.25) is 0 Å². The summed E-state index contributed by atoms with van der Waals surface area (Å²) in [6.07, 6.45) is 3.00. The number of carbonyl (C=O) groups is 1. The third-order valence-corrected chi connectivity index (χ3v) is 3.60. The van der Waals surface area contributed by atoms with Gasteiger partial charge in [0.05, 0.1) is 0 Å². The Morgan fingerprint density at radius 3 is 2.69 bits per heavy atom. The molecule has 1 aromatic rings. The first-order chi connectivity index (χ1) is 7.72. The highest BCUT2D eigenvalue weighted by Crippen LogP contribution is 2.33. The zero-order valence-corrected chi connectivity index (χ0v) is 10.9. The molecule has 1 fully saturated rings. The highest BCUT2D eigenvalue weighted by Gasteiger charge is 2.20. The first-order valence-corrected chi connectivity index (χ1v) is 6.34. The van der Waals surface area contributed by atoms with Gasteiger partial charge < -0.3 is 4.74 Å². The number of rotatable bonds is 2. The SMILES string of the molecule is Cc1cc(Br)cc(C=O)c1C1CCOCC1. The van der Waals surface area contributed by atoms with E-state index >= 15 is 0 Å². The van der Waals surface area contributed by atoms with Gasteiger partial charge in [-0.15, -0.1) is 0 Å². The second-order valence-electron chi connectivity index (χ2n) is 4.23. The van der Waals surface area contributed by atoms with Crippen molar-refractivity contribution in [3.63, 3.8) is 0 Å². The van der Waals surface area contributed by atoms with Gasteiger partial charge in [-0.2, -0.15) is 0 Å². The number of hydrogen-bond donors (Lipinski definition) is 0. The van der Waals surface area contributed by atoms with Gasteiger partial charge in [0.15, 0.2) is 0 Å². The van der Waals surface area contributed by atoms with Crippen LogP contribution in [0.2, 0.25) is 0 Å². The number of aryl methyl sites for hydroxylation is 1. The first-order valence-electron chi connectivity index (χ1n) is 5.55. The zero-order valence-electron chi connectivity index (χ0n) is 9.33. The standard InChI is InChI=1S/C13H15BrO2/c1-9-6-12(14)7-11(8-15)13(9)10-2-4-16-5-3-10/h6-8,10H,2-5H2,1H3. The third-order valence-electron chi connectivity index (χ3n) is 3.14. The molecule has 0 atom stereocenters. The molecule has 1 heterocycles. The van der Waals surface area contributed by atoms with Crippen molar-refractivity contribution in [1.29, 1.82) is 0 Å². The van der Waals surface area contributed by atoms with Crippen molar-refractivity contribution in [2.75, 3.05) is 13.2 Å². The molecule has 0 bridgehead atoms. The van der Waals surface area contributed by atoms with Gasteiger partial charge in [0, 0.05) is 23.2 Å². The van der Waals surface area contributed by atoms with E-state index in [9.17, 15) is 4.79 Å². The molecular formula is C13H15BrO2. The molecule has 1 aliphatic heterocycles. The molecule has 0 spiro atoms. The molecule has 0 unspecified atom stereocenters. The molecule has 0 saturated carbocycles. The lowest BCUT2D eigenvalue weighted by molar-refractivity contribution is 0.0848. The summed E-state index contributed by atoms with van der Waals surface area (Å²) in [7, 11) is 0. The van der Waals surface area contributed by atoms with Crippen LogP contribution in [0.25, 0.3) is 0 Å². The van der Waals surface area contributed by atoms with Gasteiger partial charge in [-0.1, -0.05) is 15.9 Å². The van der Waals surface area contributed by atoms with E-state index in [2.05, 4.69) is 28.9 Å². The van der Waals surface area contributed by atoms with Gasteiger partial charge in [0.1, 0.15) is 6.29 Å². The molecule has 1 aromatic carbocycles. The number of hydrogen-bond acceptors (Lipinski definition) is 2. The molecule has 0 amide bonds. The highest BCUT2D eigenvalue weighted by atomic mass is 79.9. The maximum Gasteiger partial charge on any atom is 0.150 e. The number of ether oxygens (including phenoxy) is 1. The maximum atomic E-state index is 11.1. The van der Waals surface area contributed by atoms with Gasteiger partial charge in [-0.05, 0) is 48.9 Å². The lowest BCUT2D eigenvalue weighted by Gasteiger charge is -2.25. The summed E-state index contributed by atoms with van der Waals surface area (Å²) in [5.74, 6) is 0.474. The molecule has 0 radical (unpaired) electrons. The number of carbonyl (C=O) groups excluding carboxylic acids is 1. The lowest BCUT2D eigenvalue weighted by atomic mass is 9.85. The largest absolute Gasteiger partial charge is 0.381 e. The summed E-state index contributed by atoms with van der Waals surface area (Å²) in [4.78, 5) is 11.1. The fraction of sp³-hybridized carbons (Fsp3) is 0.462. The summed E-state index contributed by atoms with van der Waals surface area (Å²) < 4.78 is 6.34. The predicted octanol–water partition coefficient (Wildman–Crippen LogP) is 3.46. The Morgan fingerprint density at radius 1 is 1.38 bits per heavy atom. The van der Waals surface area contributed by atoms with E-state index in [1.54, 1.807) is 0 Å². The average molecular weight is 283 g/mol. The third kappa shape index (κ3) is 2.36. The van der Waals surface area contributed by atoms with Crippen molar-refractivity contribution in [1.82, 2.24) is 0 Å². The summed E-state index contributed by atoms with van der Waals surface area (Å²) in [5.41, 5.74) is 3.23. The topological polar surface area (TPSA) is 26.3 Å². The van der Waals surface area contributed by atoms with Crippen LogP contribution in [0.4, 0.5) is 0 Å². The number of halogens is 1. The Kier molecular flexibility index (Phi) is 3.77. The summed E-state index contributed by atoms with van der Waals surface area (Å²) in [6, 6.07) is 3.99. The molecule has 2 rings (SSSR count). The van der Waals surface area contributed by atoms with Gasteiger partial charge in [-0.3, -0.25) is 4.79 Å². The van der Waals surface area contributed by atoms with Gasteiger partial charge in [-0.25, -0.2) is 0 Å². The van der Waals surface area contributed by atoms with Crippen molar-refractivity contribution >= 4 is 22.2 Å². The fourth-order valence-electron chi connectivity index (χ4n) is 2.42. The van der Waals surface area contributed by atoms with Crippen LogP contribution in [0.1, 0.15) is 40.2 Å². The molecule has 1 aliphatic rings. The highest BCUT2D eigenvalue weighted by molar-refractivity contribution is 9.10. The smallest absolute Gasteiger partial charge is 0.150 e. The molecule has 0 N–H and O–H groups in total. The summed E-state index contributed by atoms with van der Waals surface area (Å²) >= 11 is 3.43. The van der Waals surface area contributed by atoms with Crippen LogP contribution in [0.3, 0.4) is 0 Å². The Morgan fingerprint density at radius 2 is 2.06 bits per heavy atom. The Labute approximate surface area is 104 Å². The van der Waals surface area contributed by atoms with Crippen LogP contribution in [-0.4, -0.2) is 19.5 Å². The molecule has 1 saturated heterocycles. The molecule has 0 aliphatic carbocycles. The lowest BCUT2D eigenvalue weighted by Crippen LogP contribution is -2.16. The maximum absolute atomic E-state index is 11.1. The molecule has 0 aromatic heterocycles. The predicted molar refractivity (Wildman–Crippen MR) is 67.1 cm³/mol. The number of benzene rings is 1. The second-order valence-corrected chi connectivity index (χ2v) is 5.15. The van der Waals surface area contributed by atoms with Crippen LogP contribution in [0, 0.1) is 6.92 Å². The van der Waals surface area contributed by atoms with Crippen molar-refractivity contribution in [3.8, 4) is 0 Å². The van der Waals surface area contributed by atoms with Crippen LogP contribution in [-0.2, 0) is 4.74 Å². The molecule has 86 valence electrons.